The lowest BCUT2D eigenvalue weighted by molar-refractivity contribution is 0.141. The van der Waals surface area contributed by atoms with Gasteiger partial charge in [0, 0.05) is 18.3 Å². The normalized spacial score (nSPS) is 10.6. The van der Waals surface area contributed by atoms with E-state index in [1.165, 1.54) is 0 Å². The van der Waals surface area contributed by atoms with Crippen LogP contribution in [-0.2, 0) is 11.3 Å². The Bertz CT molecular complexity index is 654. The van der Waals surface area contributed by atoms with Gasteiger partial charge in [0.05, 0.1) is 0 Å². The maximum absolute atomic E-state index is 11.5. The number of ether oxygens (including phenoxy) is 1. The minimum Gasteiger partial charge on any atom is -0.445 e. The number of rotatable bonds is 5. The van der Waals surface area contributed by atoms with Crippen LogP contribution in [-0.4, -0.2) is 17.6 Å². The maximum Gasteiger partial charge on any atom is 0.407 e. The zero-order chi connectivity index (χ0) is 15.8. The topological polar surface area (TPSA) is 77.2 Å². The average molecular weight is 297 g/mol. The van der Waals surface area contributed by atoms with Gasteiger partial charge in [-0.25, -0.2) is 9.78 Å². The molecule has 0 unspecified atom stereocenters. The second kappa shape index (κ2) is 7.83. The molecule has 0 aliphatic rings. The van der Waals surface area contributed by atoms with Crippen LogP contribution in [0.1, 0.15) is 16.7 Å². The summed E-state index contributed by atoms with van der Waals surface area (Å²) >= 11 is 0. The number of aryl methyl sites for hydroxylation is 1. The molecule has 1 heterocycles. The van der Waals surface area contributed by atoms with Crippen molar-refractivity contribution in [3.8, 4) is 0 Å². The Morgan fingerprint density at radius 3 is 2.91 bits per heavy atom. The van der Waals surface area contributed by atoms with Crippen LogP contribution in [0.2, 0.25) is 0 Å². The van der Waals surface area contributed by atoms with E-state index in [-0.39, 0.29) is 6.61 Å². The van der Waals surface area contributed by atoms with Crippen LogP contribution in [0.25, 0.3) is 6.08 Å². The van der Waals surface area contributed by atoms with E-state index in [1.54, 1.807) is 12.3 Å². The van der Waals surface area contributed by atoms with E-state index in [2.05, 4.69) is 10.3 Å². The van der Waals surface area contributed by atoms with Crippen molar-refractivity contribution in [1.82, 2.24) is 10.3 Å². The van der Waals surface area contributed by atoms with Crippen molar-refractivity contribution < 1.29 is 9.53 Å². The number of nitrogen functional groups attached to an aromatic ring is 1. The number of amides is 1. The van der Waals surface area contributed by atoms with Gasteiger partial charge in [0.1, 0.15) is 12.4 Å². The molecule has 0 spiro atoms. The fraction of sp³-hybridized carbons (Fsp3) is 0.176. The van der Waals surface area contributed by atoms with Crippen LogP contribution in [0.5, 0.6) is 0 Å². The summed E-state index contributed by atoms with van der Waals surface area (Å²) in [6.45, 7) is 2.56. The summed E-state index contributed by atoms with van der Waals surface area (Å²) in [6, 6.07) is 11.5. The van der Waals surface area contributed by atoms with Crippen molar-refractivity contribution in [2.24, 2.45) is 0 Å². The Kier molecular flexibility index (Phi) is 5.54. The monoisotopic (exact) mass is 297 g/mol. The fourth-order valence-corrected chi connectivity index (χ4v) is 1.84. The van der Waals surface area contributed by atoms with Crippen molar-refractivity contribution in [3.05, 3.63) is 65.4 Å². The molecule has 3 N–H and O–H groups in total. The number of benzene rings is 1. The molecule has 1 amide bonds. The van der Waals surface area contributed by atoms with Gasteiger partial charge < -0.3 is 15.8 Å². The number of pyridine rings is 1. The second-order valence-corrected chi connectivity index (χ2v) is 4.83. The summed E-state index contributed by atoms with van der Waals surface area (Å²) in [5.74, 6) is 0.466. The van der Waals surface area contributed by atoms with Gasteiger partial charge in [0.2, 0.25) is 0 Å². The number of nitrogens with one attached hydrogen (secondary N) is 1. The smallest absolute Gasteiger partial charge is 0.407 e. The molecule has 1 aromatic heterocycles. The van der Waals surface area contributed by atoms with Gasteiger partial charge in [-0.05, 0) is 24.1 Å². The highest BCUT2D eigenvalue weighted by Crippen LogP contribution is 2.11. The first-order chi connectivity index (χ1) is 10.6. The molecule has 1 aromatic carbocycles. The molecule has 0 fully saturated rings. The van der Waals surface area contributed by atoms with Crippen LogP contribution < -0.4 is 11.1 Å². The van der Waals surface area contributed by atoms with Gasteiger partial charge >= 0.3 is 6.09 Å². The van der Waals surface area contributed by atoms with E-state index in [9.17, 15) is 4.79 Å². The summed E-state index contributed by atoms with van der Waals surface area (Å²) in [4.78, 5) is 15.6. The Balaban J connectivity index is 1.75. The maximum atomic E-state index is 11.5. The van der Waals surface area contributed by atoms with E-state index in [0.29, 0.717) is 12.4 Å². The van der Waals surface area contributed by atoms with Crippen molar-refractivity contribution in [1.29, 1.82) is 0 Å². The number of hydrogen-bond donors (Lipinski definition) is 2. The minimum atomic E-state index is -0.455. The van der Waals surface area contributed by atoms with Crippen LogP contribution in [0.3, 0.4) is 0 Å². The number of hydrogen-bond acceptors (Lipinski definition) is 4. The fourth-order valence-electron chi connectivity index (χ4n) is 1.84. The van der Waals surface area contributed by atoms with Gasteiger partial charge in [-0.2, -0.15) is 0 Å². The van der Waals surface area contributed by atoms with E-state index >= 15 is 0 Å². The molecule has 0 aliphatic heterocycles. The number of anilines is 1. The SMILES string of the molecule is Cc1cnc(N)c(C=CCNC(=O)OCc2ccccc2)c1. The first-order valence-corrected chi connectivity index (χ1v) is 6.98. The highest BCUT2D eigenvalue weighted by Gasteiger charge is 2.00. The molecule has 0 atom stereocenters. The summed E-state index contributed by atoms with van der Waals surface area (Å²) in [5.41, 5.74) is 8.58. The predicted molar refractivity (Wildman–Crippen MR) is 87.1 cm³/mol. The third kappa shape index (κ3) is 4.94. The zero-order valence-electron chi connectivity index (χ0n) is 12.5. The number of alkyl carbamates (subject to hydrolysis) is 1. The van der Waals surface area contributed by atoms with E-state index < -0.39 is 6.09 Å². The first kappa shape index (κ1) is 15.6. The van der Waals surface area contributed by atoms with Gasteiger partial charge in [0.25, 0.3) is 0 Å². The number of nitrogens with zero attached hydrogens (tertiary/aromatic N) is 1. The summed E-state index contributed by atoms with van der Waals surface area (Å²) < 4.78 is 5.10. The molecule has 114 valence electrons. The Morgan fingerprint density at radius 1 is 1.36 bits per heavy atom. The van der Waals surface area contributed by atoms with Crippen LogP contribution >= 0.6 is 0 Å². The van der Waals surface area contributed by atoms with Gasteiger partial charge in [-0.1, -0.05) is 42.5 Å². The Morgan fingerprint density at radius 2 is 2.14 bits per heavy atom. The molecule has 0 bridgehead atoms. The summed E-state index contributed by atoms with van der Waals surface area (Å²) in [7, 11) is 0. The molecular weight excluding hydrogens is 278 g/mol. The molecule has 5 heteroatoms. The quantitative estimate of drug-likeness (QED) is 0.889. The number of aromatic nitrogens is 1. The van der Waals surface area contributed by atoms with E-state index in [0.717, 1.165) is 16.7 Å². The largest absolute Gasteiger partial charge is 0.445 e. The molecule has 2 rings (SSSR count). The summed E-state index contributed by atoms with van der Waals surface area (Å²) in [5, 5.41) is 2.65. The van der Waals surface area contributed by atoms with Crippen molar-refractivity contribution in [2.75, 3.05) is 12.3 Å². The van der Waals surface area contributed by atoms with Crippen molar-refractivity contribution in [3.63, 3.8) is 0 Å². The van der Waals surface area contributed by atoms with Crippen LogP contribution in [0.4, 0.5) is 10.6 Å². The standard InChI is InChI=1S/C17H19N3O2/c1-13-10-15(16(18)20-11-13)8-5-9-19-17(21)22-12-14-6-3-2-4-7-14/h2-8,10-11H,9,12H2,1H3,(H2,18,20)(H,19,21). The molecule has 0 saturated carbocycles. The van der Waals surface area contributed by atoms with Gasteiger partial charge in [0.15, 0.2) is 0 Å². The van der Waals surface area contributed by atoms with Gasteiger partial charge in [-0.15, -0.1) is 0 Å². The molecule has 5 nitrogen and oxygen atoms in total. The first-order valence-electron chi connectivity index (χ1n) is 6.98. The zero-order valence-corrected chi connectivity index (χ0v) is 12.5. The number of carbonyl (C=O) groups is 1. The molecule has 2 aromatic rings. The van der Waals surface area contributed by atoms with Crippen molar-refractivity contribution >= 4 is 18.0 Å². The Hall–Kier alpha value is -2.82. The van der Waals surface area contributed by atoms with E-state index in [4.69, 9.17) is 10.5 Å². The molecule has 0 saturated heterocycles. The molecule has 22 heavy (non-hydrogen) atoms. The van der Waals surface area contributed by atoms with Crippen LogP contribution in [0.15, 0.2) is 48.7 Å². The average Bonchev–Trinajstić information content (AvgIpc) is 2.53. The third-order valence-electron chi connectivity index (χ3n) is 2.96. The summed E-state index contributed by atoms with van der Waals surface area (Å²) in [6.07, 6.45) is 4.89. The third-order valence-corrected chi connectivity index (χ3v) is 2.96. The predicted octanol–water partition coefficient (Wildman–Crippen LogP) is 2.91. The molecular formula is C17H19N3O2. The number of nitrogens with two attached hydrogens (primary N) is 1. The number of carbonyl (C=O) groups excluding carboxylic acids is 1. The molecule has 0 radical (unpaired) electrons. The van der Waals surface area contributed by atoms with E-state index in [1.807, 2.05) is 49.4 Å². The van der Waals surface area contributed by atoms with Crippen molar-refractivity contribution in [2.45, 2.75) is 13.5 Å². The second-order valence-electron chi connectivity index (χ2n) is 4.83. The minimum absolute atomic E-state index is 0.255. The Labute approximate surface area is 129 Å². The van der Waals surface area contributed by atoms with Gasteiger partial charge in [-0.3, -0.25) is 0 Å². The lowest BCUT2D eigenvalue weighted by Crippen LogP contribution is -2.24. The lowest BCUT2D eigenvalue weighted by atomic mass is 10.2. The molecule has 0 aliphatic carbocycles. The van der Waals surface area contributed by atoms with Crippen LogP contribution in [0, 0.1) is 6.92 Å². The highest BCUT2D eigenvalue weighted by molar-refractivity contribution is 5.68. The lowest BCUT2D eigenvalue weighted by Gasteiger charge is -2.05. The highest BCUT2D eigenvalue weighted by atomic mass is 16.5.